The van der Waals surface area contributed by atoms with Gasteiger partial charge in [-0.15, -0.1) is 0 Å². The van der Waals surface area contributed by atoms with Crippen molar-refractivity contribution in [2.24, 2.45) is 0 Å². The molecule has 0 heterocycles. The molecule has 0 saturated heterocycles. The van der Waals surface area contributed by atoms with E-state index in [1.807, 2.05) is 12.1 Å². The first-order valence-electron chi connectivity index (χ1n) is 11.5. The van der Waals surface area contributed by atoms with Crippen LogP contribution >= 0.6 is 7.60 Å². The number of nitro groups is 1. The molecule has 0 spiro atoms. The largest absolute Gasteiger partial charge is 0.459 e. The van der Waals surface area contributed by atoms with Gasteiger partial charge < -0.3 is 23.8 Å². The number of esters is 1. The zero-order chi connectivity index (χ0) is 27.4. The molecule has 11 nitrogen and oxygen atoms in total. The molecule has 0 aliphatic rings. The number of nitrogens with zero attached hydrogens (tertiary/aromatic N) is 1. The highest BCUT2D eigenvalue weighted by Crippen LogP contribution is 2.48. The van der Waals surface area contributed by atoms with Gasteiger partial charge in [0.25, 0.3) is 5.69 Å². The number of benzene rings is 3. The Bertz CT molecular complexity index is 1270. The SMILES string of the molecule is COP(=O)(CCC(NC(=O)OCc1ccccc1)C(=O)OCc1ccccc1)Oc1cccc([N+](=O)[O-])c1. The maximum atomic E-state index is 13.2. The molecule has 2 unspecified atom stereocenters. The third kappa shape index (κ3) is 9.02. The van der Waals surface area contributed by atoms with Crippen LogP contribution < -0.4 is 9.84 Å². The molecule has 3 aromatic rings. The third-order valence-electron chi connectivity index (χ3n) is 5.26. The second-order valence-electron chi connectivity index (χ2n) is 8.00. The molecule has 200 valence electrons. The molecule has 0 radical (unpaired) electrons. The topological polar surface area (TPSA) is 143 Å². The molecule has 3 rings (SSSR count). The highest BCUT2D eigenvalue weighted by Gasteiger charge is 2.31. The monoisotopic (exact) mass is 542 g/mol. The van der Waals surface area contributed by atoms with Crippen LogP contribution in [0, 0.1) is 10.1 Å². The van der Waals surface area contributed by atoms with Gasteiger partial charge in [0.1, 0.15) is 25.0 Å². The van der Waals surface area contributed by atoms with E-state index in [0.717, 1.165) is 24.3 Å². The molecule has 38 heavy (non-hydrogen) atoms. The standard InChI is InChI=1S/C26H27N2O9P/c1-34-38(33,37-23-14-8-13-22(17-23)28(31)32)16-15-24(25(29)35-18-20-9-4-2-5-10-20)27-26(30)36-19-21-11-6-3-7-12-21/h2-14,17,24H,15-16,18-19H2,1H3,(H,27,30). The van der Waals surface area contributed by atoms with Crippen molar-refractivity contribution in [3.63, 3.8) is 0 Å². The minimum absolute atomic E-state index is 0.0229. The molecule has 0 fully saturated rings. The van der Waals surface area contributed by atoms with Gasteiger partial charge in [-0.2, -0.15) is 0 Å². The second kappa shape index (κ2) is 13.9. The van der Waals surface area contributed by atoms with E-state index in [9.17, 15) is 24.3 Å². The number of alkyl carbamates (subject to hydrolysis) is 1. The van der Waals surface area contributed by atoms with E-state index >= 15 is 0 Å². The number of hydrogen-bond acceptors (Lipinski definition) is 9. The molecular weight excluding hydrogens is 515 g/mol. The smallest absolute Gasteiger partial charge is 0.408 e. The van der Waals surface area contributed by atoms with E-state index < -0.39 is 30.6 Å². The lowest BCUT2D eigenvalue weighted by molar-refractivity contribution is -0.384. The summed E-state index contributed by atoms with van der Waals surface area (Å²) in [5.74, 6) is -0.814. The highest BCUT2D eigenvalue weighted by atomic mass is 31.2. The molecule has 0 aliphatic heterocycles. The Balaban J connectivity index is 1.67. The fourth-order valence-corrected chi connectivity index (χ4v) is 4.62. The van der Waals surface area contributed by atoms with Gasteiger partial charge in [-0.05, 0) is 23.6 Å². The average molecular weight is 542 g/mol. The summed E-state index contributed by atoms with van der Waals surface area (Å²) in [5.41, 5.74) is 1.23. The molecule has 12 heteroatoms. The number of non-ortho nitro benzene ring substituents is 1. The third-order valence-corrected chi connectivity index (χ3v) is 7.11. The normalized spacial score (nSPS) is 13.0. The van der Waals surface area contributed by atoms with Crippen LogP contribution in [0.3, 0.4) is 0 Å². The van der Waals surface area contributed by atoms with Gasteiger partial charge >= 0.3 is 19.7 Å². The van der Waals surface area contributed by atoms with Crippen molar-refractivity contribution >= 4 is 25.3 Å². The van der Waals surface area contributed by atoms with Crippen LogP contribution in [0.5, 0.6) is 5.75 Å². The first-order valence-corrected chi connectivity index (χ1v) is 13.3. The van der Waals surface area contributed by atoms with Crippen molar-refractivity contribution in [3.05, 3.63) is 106 Å². The maximum Gasteiger partial charge on any atom is 0.408 e. The number of ether oxygens (including phenoxy) is 2. The van der Waals surface area contributed by atoms with Gasteiger partial charge in [0.15, 0.2) is 0 Å². The van der Waals surface area contributed by atoms with Crippen molar-refractivity contribution in [3.8, 4) is 5.75 Å². The van der Waals surface area contributed by atoms with Crippen molar-refractivity contribution in [1.29, 1.82) is 0 Å². The van der Waals surface area contributed by atoms with Gasteiger partial charge in [0, 0.05) is 13.2 Å². The molecule has 0 bridgehead atoms. The Labute approximate surface area is 219 Å². The van der Waals surface area contributed by atoms with E-state index in [1.165, 1.54) is 18.2 Å². The molecule has 0 saturated carbocycles. The number of nitrogens with one attached hydrogen (secondary N) is 1. The van der Waals surface area contributed by atoms with Crippen molar-refractivity contribution in [2.75, 3.05) is 13.3 Å². The van der Waals surface area contributed by atoms with Crippen LogP contribution in [0.25, 0.3) is 0 Å². The van der Waals surface area contributed by atoms with Crippen molar-refractivity contribution in [2.45, 2.75) is 25.7 Å². The summed E-state index contributed by atoms with van der Waals surface area (Å²) in [6, 6.07) is 21.8. The number of amides is 1. The van der Waals surface area contributed by atoms with Crippen LogP contribution in [-0.4, -0.2) is 36.3 Å². The van der Waals surface area contributed by atoms with Crippen LogP contribution in [0.15, 0.2) is 84.9 Å². The minimum atomic E-state index is -3.87. The summed E-state index contributed by atoms with van der Waals surface area (Å²) >= 11 is 0. The lowest BCUT2D eigenvalue weighted by Gasteiger charge is -2.21. The van der Waals surface area contributed by atoms with E-state index in [-0.39, 0.29) is 37.2 Å². The summed E-state index contributed by atoms with van der Waals surface area (Å²) in [6.45, 7) is -0.0616. The lowest BCUT2D eigenvalue weighted by atomic mass is 10.2. The van der Waals surface area contributed by atoms with Crippen LogP contribution in [0.2, 0.25) is 0 Å². The lowest BCUT2D eigenvalue weighted by Crippen LogP contribution is -2.42. The summed E-state index contributed by atoms with van der Waals surface area (Å²) in [6.07, 6.45) is -1.37. The summed E-state index contributed by atoms with van der Waals surface area (Å²) in [4.78, 5) is 35.7. The maximum absolute atomic E-state index is 13.2. The Morgan fingerprint density at radius 3 is 2.11 bits per heavy atom. The summed E-state index contributed by atoms with van der Waals surface area (Å²) < 4.78 is 34.3. The first-order chi connectivity index (χ1) is 18.3. The van der Waals surface area contributed by atoms with Crippen LogP contribution in [0.4, 0.5) is 10.5 Å². The van der Waals surface area contributed by atoms with Crippen molar-refractivity contribution < 1.29 is 37.6 Å². The first kappa shape index (κ1) is 28.4. The fourth-order valence-electron chi connectivity index (χ4n) is 3.26. The van der Waals surface area contributed by atoms with Crippen molar-refractivity contribution in [1.82, 2.24) is 5.32 Å². The van der Waals surface area contributed by atoms with E-state index in [4.69, 9.17) is 18.5 Å². The molecule has 0 aromatic heterocycles. The molecule has 2 atom stereocenters. The Kier molecular flexibility index (Phi) is 10.4. The number of carbonyl (C=O) groups excluding carboxylic acids is 2. The number of nitro benzene ring substituents is 1. The molecule has 3 aromatic carbocycles. The average Bonchev–Trinajstić information content (AvgIpc) is 2.94. The van der Waals surface area contributed by atoms with Gasteiger partial charge in [-0.3, -0.25) is 10.1 Å². The molecular formula is C26H27N2O9P. The quantitative estimate of drug-likeness (QED) is 0.133. The van der Waals surface area contributed by atoms with E-state index in [1.54, 1.807) is 48.5 Å². The number of rotatable bonds is 13. The Morgan fingerprint density at radius 1 is 0.921 bits per heavy atom. The fraction of sp³-hybridized carbons (Fsp3) is 0.231. The van der Waals surface area contributed by atoms with Gasteiger partial charge in [-0.25, -0.2) is 14.2 Å². The van der Waals surface area contributed by atoms with Gasteiger partial charge in [0.2, 0.25) is 0 Å². The molecule has 0 aliphatic carbocycles. The number of carbonyl (C=O) groups is 2. The predicted octanol–water partition coefficient (Wildman–Crippen LogP) is 5.24. The minimum Gasteiger partial charge on any atom is -0.459 e. The van der Waals surface area contributed by atoms with Crippen LogP contribution in [0.1, 0.15) is 17.5 Å². The van der Waals surface area contributed by atoms with E-state index in [2.05, 4.69) is 5.32 Å². The van der Waals surface area contributed by atoms with Gasteiger partial charge in [0.05, 0.1) is 17.2 Å². The number of hydrogen-bond donors (Lipinski definition) is 1. The second-order valence-corrected chi connectivity index (χ2v) is 10.2. The van der Waals surface area contributed by atoms with Crippen LogP contribution in [-0.2, 0) is 36.6 Å². The zero-order valence-electron chi connectivity index (χ0n) is 20.6. The summed E-state index contributed by atoms with van der Waals surface area (Å²) in [7, 11) is -2.72. The predicted molar refractivity (Wildman–Crippen MR) is 138 cm³/mol. The molecule has 1 N–H and O–H groups in total. The molecule has 1 amide bonds. The zero-order valence-corrected chi connectivity index (χ0v) is 21.5. The summed E-state index contributed by atoms with van der Waals surface area (Å²) in [5, 5.41) is 13.5. The Morgan fingerprint density at radius 2 is 1.53 bits per heavy atom. The van der Waals surface area contributed by atoms with Gasteiger partial charge in [-0.1, -0.05) is 66.7 Å². The Hall–Kier alpha value is -4.21. The highest BCUT2D eigenvalue weighted by molar-refractivity contribution is 7.54. The van der Waals surface area contributed by atoms with E-state index in [0.29, 0.717) is 0 Å².